The van der Waals surface area contributed by atoms with E-state index in [1.54, 1.807) is 18.7 Å². The van der Waals surface area contributed by atoms with E-state index in [4.69, 9.17) is 0 Å². The van der Waals surface area contributed by atoms with E-state index in [9.17, 15) is 9.59 Å². The van der Waals surface area contributed by atoms with E-state index in [0.29, 0.717) is 13.1 Å². The van der Waals surface area contributed by atoms with Gasteiger partial charge in [0.05, 0.1) is 0 Å². The SMILES string of the molecule is CC(C)=NNC(=O)C(=O)N1CCCCCC1. The van der Waals surface area contributed by atoms with E-state index in [2.05, 4.69) is 10.5 Å². The molecule has 1 rings (SSSR count). The molecular weight excluding hydrogens is 206 g/mol. The summed E-state index contributed by atoms with van der Waals surface area (Å²) in [6.07, 6.45) is 4.24. The third-order valence-corrected chi connectivity index (χ3v) is 2.47. The van der Waals surface area contributed by atoms with Crippen molar-refractivity contribution in [2.24, 2.45) is 5.10 Å². The zero-order valence-corrected chi connectivity index (χ0v) is 9.95. The molecule has 16 heavy (non-hydrogen) atoms. The van der Waals surface area contributed by atoms with Gasteiger partial charge in [-0.25, -0.2) is 5.43 Å². The molecule has 0 aliphatic carbocycles. The largest absolute Gasteiger partial charge is 0.334 e. The van der Waals surface area contributed by atoms with Crippen LogP contribution in [-0.2, 0) is 9.59 Å². The standard InChI is InChI=1S/C11H19N3O2/c1-9(2)12-13-10(15)11(16)14-7-5-3-4-6-8-14/h3-8H2,1-2H3,(H,13,15). The fourth-order valence-electron chi connectivity index (χ4n) is 1.63. The van der Waals surface area contributed by atoms with Crippen LogP contribution in [0.1, 0.15) is 39.5 Å². The predicted molar refractivity (Wildman–Crippen MR) is 62.0 cm³/mol. The highest BCUT2D eigenvalue weighted by atomic mass is 16.2. The molecule has 1 saturated heterocycles. The van der Waals surface area contributed by atoms with Crippen LogP contribution in [0, 0.1) is 0 Å². The van der Waals surface area contributed by atoms with Crippen LogP contribution < -0.4 is 5.43 Å². The van der Waals surface area contributed by atoms with E-state index in [1.165, 1.54) is 0 Å². The van der Waals surface area contributed by atoms with Gasteiger partial charge in [0.2, 0.25) is 0 Å². The molecule has 0 atom stereocenters. The molecule has 0 unspecified atom stereocenters. The Labute approximate surface area is 95.9 Å². The Balaban J connectivity index is 2.48. The Morgan fingerprint density at radius 3 is 2.12 bits per heavy atom. The number of hydrogen-bond donors (Lipinski definition) is 1. The molecule has 1 heterocycles. The Morgan fingerprint density at radius 1 is 1.06 bits per heavy atom. The lowest BCUT2D eigenvalue weighted by molar-refractivity contribution is -0.145. The summed E-state index contributed by atoms with van der Waals surface area (Å²) in [5.41, 5.74) is 2.98. The monoisotopic (exact) mass is 225 g/mol. The Kier molecular flexibility index (Phi) is 4.95. The normalized spacial score (nSPS) is 16.2. The highest BCUT2D eigenvalue weighted by Gasteiger charge is 2.22. The van der Waals surface area contributed by atoms with Gasteiger partial charge in [-0.3, -0.25) is 9.59 Å². The molecule has 0 aromatic heterocycles. The molecule has 2 amide bonds. The molecule has 0 radical (unpaired) electrons. The highest BCUT2D eigenvalue weighted by molar-refractivity contribution is 6.35. The van der Waals surface area contributed by atoms with Crippen molar-refractivity contribution in [3.8, 4) is 0 Å². The van der Waals surface area contributed by atoms with Crippen LogP contribution >= 0.6 is 0 Å². The minimum atomic E-state index is -0.636. The van der Waals surface area contributed by atoms with Crippen LogP contribution in [0.25, 0.3) is 0 Å². The van der Waals surface area contributed by atoms with Crippen LogP contribution in [0.4, 0.5) is 0 Å². The Bertz CT molecular complexity index is 288. The van der Waals surface area contributed by atoms with Gasteiger partial charge in [-0.15, -0.1) is 0 Å². The first-order valence-corrected chi connectivity index (χ1v) is 5.71. The molecule has 0 saturated carbocycles. The van der Waals surface area contributed by atoms with E-state index in [0.717, 1.165) is 31.4 Å². The van der Waals surface area contributed by atoms with Gasteiger partial charge in [0, 0.05) is 18.8 Å². The first-order valence-electron chi connectivity index (χ1n) is 5.71. The number of hydrogen-bond acceptors (Lipinski definition) is 3. The van der Waals surface area contributed by atoms with Gasteiger partial charge < -0.3 is 4.90 Å². The summed E-state index contributed by atoms with van der Waals surface area (Å²) in [5, 5.41) is 3.73. The molecule has 1 aliphatic heterocycles. The molecule has 90 valence electrons. The maximum absolute atomic E-state index is 11.7. The molecule has 1 N–H and O–H groups in total. The van der Waals surface area contributed by atoms with Crippen LogP contribution in [-0.4, -0.2) is 35.5 Å². The van der Waals surface area contributed by atoms with Crippen molar-refractivity contribution < 1.29 is 9.59 Å². The number of rotatable bonds is 1. The average Bonchev–Trinajstić information content (AvgIpc) is 2.53. The Morgan fingerprint density at radius 2 is 1.62 bits per heavy atom. The zero-order chi connectivity index (χ0) is 12.0. The highest BCUT2D eigenvalue weighted by Crippen LogP contribution is 2.09. The number of amides is 2. The summed E-state index contributed by atoms with van der Waals surface area (Å²) in [4.78, 5) is 24.8. The lowest BCUT2D eigenvalue weighted by Crippen LogP contribution is -2.42. The fourth-order valence-corrected chi connectivity index (χ4v) is 1.63. The van der Waals surface area contributed by atoms with Crippen LogP contribution in [0.3, 0.4) is 0 Å². The van der Waals surface area contributed by atoms with Gasteiger partial charge in [0.15, 0.2) is 0 Å². The molecular formula is C11H19N3O2. The van der Waals surface area contributed by atoms with Crippen LogP contribution in [0.2, 0.25) is 0 Å². The van der Waals surface area contributed by atoms with E-state index >= 15 is 0 Å². The van der Waals surface area contributed by atoms with Crippen molar-refractivity contribution in [3.05, 3.63) is 0 Å². The fraction of sp³-hybridized carbons (Fsp3) is 0.727. The summed E-state index contributed by atoms with van der Waals surface area (Å²) in [6, 6.07) is 0. The molecule has 0 aromatic carbocycles. The van der Waals surface area contributed by atoms with E-state index in [1.807, 2.05) is 0 Å². The molecule has 0 aromatic rings. The first kappa shape index (κ1) is 12.7. The van der Waals surface area contributed by atoms with E-state index in [-0.39, 0.29) is 0 Å². The summed E-state index contributed by atoms with van der Waals surface area (Å²) >= 11 is 0. The van der Waals surface area contributed by atoms with Gasteiger partial charge in [0.1, 0.15) is 0 Å². The number of nitrogens with zero attached hydrogens (tertiary/aromatic N) is 2. The molecule has 0 bridgehead atoms. The average molecular weight is 225 g/mol. The summed E-state index contributed by atoms with van der Waals surface area (Å²) < 4.78 is 0. The molecule has 5 nitrogen and oxygen atoms in total. The smallest absolute Gasteiger partial charge is 0.329 e. The lowest BCUT2D eigenvalue weighted by Gasteiger charge is -2.18. The second-order valence-corrected chi connectivity index (χ2v) is 4.21. The van der Waals surface area contributed by atoms with Crippen molar-refractivity contribution in [1.82, 2.24) is 10.3 Å². The van der Waals surface area contributed by atoms with Crippen molar-refractivity contribution >= 4 is 17.5 Å². The van der Waals surface area contributed by atoms with Gasteiger partial charge >= 0.3 is 11.8 Å². The maximum atomic E-state index is 11.7. The van der Waals surface area contributed by atoms with Crippen molar-refractivity contribution in [2.75, 3.05) is 13.1 Å². The Hall–Kier alpha value is -1.39. The van der Waals surface area contributed by atoms with Gasteiger partial charge in [-0.2, -0.15) is 5.10 Å². The quantitative estimate of drug-likeness (QED) is 0.409. The van der Waals surface area contributed by atoms with Gasteiger partial charge in [-0.05, 0) is 26.7 Å². The van der Waals surface area contributed by atoms with Crippen molar-refractivity contribution in [3.63, 3.8) is 0 Å². The van der Waals surface area contributed by atoms with Crippen LogP contribution in [0.15, 0.2) is 5.10 Å². The molecule has 1 fully saturated rings. The maximum Gasteiger partial charge on any atom is 0.329 e. The molecule has 0 spiro atoms. The third kappa shape index (κ3) is 4.00. The number of likely N-dealkylation sites (tertiary alicyclic amines) is 1. The molecule has 5 heteroatoms. The number of nitrogens with one attached hydrogen (secondary N) is 1. The first-order chi connectivity index (χ1) is 7.61. The zero-order valence-electron chi connectivity index (χ0n) is 9.95. The predicted octanol–water partition coefficient (Wildman–Crippen LogP) is 0.901. The lowest BCUT2D eigenvalue weighted by atomic mass is 10.2. The second-order valence-electron chi connectivity index (χ2n) is 4.21. The third-order valence-electron chi connectivity index (χ3n) is 2.47. The number of carbonyl (C=O) groups excluding carboxylic acids is 2. The van der Waals surface area contributed by atoms with Gasteiger partial charge in [0.25, 0.3) is 0 Å². The summed E-state index contributed by atoms with van der Waals surface area (Å²) in [7, 11) is 0. The van der Waals surface area contributed by atoms with Crippen molar-refractivity contribution in [2.45, 2.75) is 39.5 Å². The van der Waals surface area contributed by atoms with Crippen molar-refractivity contribution in [1.29, 1.82) is 0 Å². The topological polar surface area (TPSA) is 61.8 Å². The minimum absolute atomic E-state index is 0.466. The van der Waals surface area contributed by atoms with Crippen LogP contribution in [0.5, 0.6) is 0 Å². The summed E-state index contributed by atoms with van der Waals surface area (Å²) in [5.74, 6) is -1.10. The summed E-state index contributed by atoms with van der Waals surface area (Å²) in [6.45, 7) is 4.88. The van der Waals surface area contributed by atoms with E-state index < -0.39 is 11.8 Å². The second kappa shape index (κ2) is 6.25. The van der Waals surface area contributed by atoms with Gasteiger partial charge in [-0.1, -0.05) is 12.8 Å². The molecule has 1 aliphatic rings. The minimum Gasteiger partial charge on any atom is -0.334 e. The number of hydrazone groups is 1. The number of carbonyl (C=O) groups is 2.